The maximum atomic E-state index is 12.6. The first-order valence-corrected chi connectivity index (χ1v) is 10.4. The van der Waals surface area contributed by atoms with Crippen molar-refractivity contribution in [3.63, 3.8) is 0 Å². The third kappa shape index (κ3) is 4.86. The molecule has 3 rings (SSSR count). The number of methoxy groups -OCH3 is 2. The second kappa shape index (κ2) is 9.72. The van der Waals surface area contributed by atoms with E-state index >= 15 is 0 Å². The lowest BCUT2D eigenvalue weighted by molar-refractivity contribution is 0.0909. The van der Waals surface area contributed by atoms with Gasteiger partial charge >= 0.3 is 0 Å². The standard InChI is InChI=1S/C23H31N3O3/c1-5-20(26-22(27)18-10-11-21(28-3)25-14-18)17-8-6-16(7-9-17)19-12-13-24-23(29-4)15(19)2/h10-14,16-17,20H,5-9H2,1-4H3,(H,26,27)/t16-,17+,20-/m0/s1. The van der Waals surface area contributed by atoms with E-state index in [-0.39, 0.29) is 11.9 Å². The topological polar surface area (TPSA) is 73.3 Å². The van der Waals surface area contributed by atoms with E-state index in [1.54, 1.807) is 32.5 Å². The molecule has 0 saturated heterocycles. The summed E-state index contributed by atoms with van der Waals surface area (Å²) in [7, 11) is 3.23. The molecular weight excluding hydrogens is 366 g/mol. The Morgan fingerprint density at radius 1 is 1.14 bits per heavy atom. The quantitative estimate of drug-likeness (QED) is 0.755. The van der Waals surface area contributed by atoms with Gasteiger partial charge in [0.05, 0.1) is 19.8 Å². The number of nitrogens with zero attached hydrogens (tertiary/aromatic N) is 2. The highest BCUT2D eigenvalue weighted by Gasteiger charge is 2.29. The van der Waals surface area contributed by atoms with Crippen molar-refractivity contribution < 1.29 is 14.3 Å². The van der Waals surface area contributed by atoms with Crippen LogP contribution in [0.2, 0.25) is 0 Å². The van der Waals surface area contributed by atoms with Gasteiger partial charge in [-0.05, 0) is 68.6 Å². The molecular formula is C23H31N3O3. The summed E-state index contributed by atoms with van der Waals surface area (Å²) in [6.07, 6.45) is 8.78. The van der Waals surface area contributed by atoms with E-state index < -0.39 is 0 Å². The van der Waals surface area contributed by atoms with Crippen LogP contribution >= 0.6 is 0 Å². The molecule has 0 unspecified atom stereocenters. The lowest BCUT2D eigenvalue weighted by Gasteiger charge is -2.34. The highest BCUT2D eigenvalue weighted by atomic mass is 16.5. The number of amides is 1. The highest BCUT2D eigenvalue weighted by Crippen LogP contribution is 2.39. The van der Waals surface area contributed by atoms with E-state index in [0.29, 0.717) is 23.3 Å². The normalized spacial score (nSPS) is 20.0. The molecule has 2 aromatic heterocycles. The molecule has 6 heteroatoms. The van der Waals surface area contributed by atoms with Crippen molar-refractivity contribution in [1.29, 1.82) is 0 Å². The number of ether oxygens (including phenoxy) is 2. The fraction of sp³-hybridized carbons (Fsp3) is 0.522. The van der Waals surface area contributed by atoms with Crippen LogP contribution in [0.1, 0.15) is 66.4 Å². The first-order valence-electron chi connectivity index (χ1n) is 10.4. The van der Waals surface area contributed by atoms with Gasteiger partial charge in [-0.15, -0.1) is 0 Å². The van der Waals surface area contributed by atoms with E-state index in [4.69, 9.17) is 9.47 Å². The first kappa shape index (κ1) is 21.1. The molecule has 0 aliphatic heterocycles. The molecule has 1 atom stereocenters. The molecule has 1 aliphatic carbocycles. The van der Waals surface area contributed by atoms with Gasteiger partial charge in [0, 0.05) is 30.1 Å². The van der Waals surface area contributed by atoms with Crippen molar-refractivity contribution in [2.45, 2.75) is 57.9 Å². The molecule has 1 N–H and O–H groups in total. The van der Waals surface area contributed by atoms with Gasteiger partial charge in [0.15, 0.2) is 0 Å². The van der Waals surface area contributed by atoms with Crippen LogP contribution in [0.3, 0.4) is 0 Å². The minimum atomic E-state index is -0.0659. The number of carbonyl (C=O) groups excluding carboxylic acids is 1. The van der Waals surface area contributed by atoms with Crippen molar-refractivity contribution in [3.8, 4) is 11.8 Å². The first-order chi connectivity index (χ1) is 14.1. The average Bonchev–Trinajstić information content (AvgIpc) is 2.77. The second-order valence-electron chi connectivity index (χ2n) is 7.72. The van der Waals surface area contributed by atoms with Gasteiger partial charge in [-0.25, -0.2) is 9.97 Å². The van der Waals surface area contributed by atoms with E-state index in [2.05, 4.69) is 35.2 Å². The Hall–Kier alpha value is -2.63. The number of nitrogens with one attached hydrogen (secondary N) is 1. The summed E-state index contributed by atoms with van der Waals surface area (Å²) in [6, 6.07) is 5.77. The van der Waals surface area contributed by atoms with Gasteiger partial charge < -0.3 is 14.8 Å². The van der Waals surface area contributed by atoms with Crippen LogP contribution in [0.5, 0.6) is 11.8 Å². The molecule has 2 aromatic rings. The molecule has 1 fully saturated rings. The van der Waals surface area contributed by atoms with E-state index in [1.165, 1.54) is 5.56 Å². The van der Waals surface area contributed by atoms with Crippen LogP contribution in [0.4, 0.5) is 0 Å². The Labute approximate surface area is 173 Å². The SMILES string of the molecule is CC[C@H](NC(=O)c1ccc(OC)nc1)[C@H]1CC[C@@H](c2ccnc(OC)c2C)CC1. The minimum Gasteiger partial charge on any atom is -0.481 e. The molecule has 0 radical (unpaired) electrons. The monoisotopic (exact) mass is 397 g/mol. The predicted octanol–water partition coefficient (Wildman–Crippen LogP) is 4.28. The van der Waals surface area contributed by atoms with E-state index in [1.807, 2.05) is 6.20 Å². The van der Waals surface area contributed by atoms with E-state index in [0.717, 1.165) is 43.5 Å². The van der Waals surface area contributed by atoms with Crippen molar-refractivity contribution >= 4 is 5.91 Å². The summed E-state index contributed by atoms with van der Waals surface area (Å²) < 4.78 is 10.4. The third-order valence-corrected chi connectivity index (χ3v) is 6.14. The number of hydrogen-bond donors (Lipinski definition) is 1. The van der Waals surface area contributed by atoms with Crippen molar-refractivity contribution in [2.75, 3.05) is 14.2 Å². The van der Waals surface area contributed by atoms with E-state index in [9.17, 15) is 4.79 Å². The maximum Gasteiger partial charge on any atom is 0.253 e. The molecule has 0 aromatic carbocycles. The Bertz CT molecular complexity index is 815. The maximum absolute atomic E-state index is 12.6. The van der Waals surface area contributed by atoms with Gasteiger partial charge in [0.25, 0.3) is 5.91 Å². The van der Waals surface area contributed by atoms with Crippen LogP contribution in [0.15, 0.2) is 30.6 Å². The molecule has 1 amide bonds. The highest BCUT2D eigenvalue weighted by molar-refractivity contribution is 5.94. The number of hydrogen-bond acceptors (Lipinski definition) is 5. The lowest BCUT2D eigenvalue weighted by atomic mass is 9.75. The number of rotatable bonds is 7. The van der Waals surface area contributed by atoms with Crippen LogP contribution in [-0.2, 0) is 0 Å². The Kier molecular flexibility index (Phi) is 7.07. The zero-order valence-corrected chi connectivity index (χ0v) is 17.8. The lowest BCUT2D eigenvalue weighted by Crippen LogP contribution is -2.41. The smallest absolute Gasteiger partial charge is 0.253 e. The summed E-state index contributed by atoms with van der Waals surface area (Å²) in [4.78, 5) is 21.1. The molecule has 2 heterocycles. The van der Waals surface area contributed by atoms with Crippen LogP contribution < -0.4 is 14.8 Å². The Morgan fingerprint density at radius 2 is 1.90 bits per heavy atom. The van der Waals surface area contributed by atoms with Gasteiger partial charge in [-0.3, -0.25) is 4.79 Å². The largest absolute Gasteiger partial charge is 0.481 e. The average molecular weight is 398 g/mol. The zero-order chi connectivity index (χ0) is 20.8. The van der Waals surface area contributed by atoms with Gasteiger partial charge in [-0.1, -0.05) is 6.92 Å². The van der Waals surface area contributed by atoms with Crippen LogP contribution in [0.25, 0.3) is 0 Å². The summed E-state index contributed by atoms with van der Waals surface area (Å²) in [5.74, 6) is 2.19. The summed E-state index contributed by atoms with van der Waals surface area (Å²) in [5, 5.41) is 3.22. The summed E-state index contributed by atoms with van der Waals surface area (Å²) >= 11 is 0. The summed E-state index contributed by atoms with van der Waals surface area (Å²) in [6.45, 7) is 4.23. The van der Waals surface area contributed by atoms with Crippen molar-refractivity contribution in [1.82, 2.24) is 15.3 Å². The second-order valence-corrected chi connectivity index (χ2v) is 7.72. The van der Waals surface area contributed by atoms with Crippen LogP contribution in [0, 0.1) is 12.8 Å². The van der Waals surface area contributed by atoms with Crippen LogP contribution in [-0.4, -0.2) is 36.1 Å². The molecule has 0 bridgehead atoms. The van der Waals surface area contributed by atoms with Gasteiger partial charge in [0.1, 0.15) is 0 Å². The zero-order valence-electron chi connectivity index (χ0n) is 17.8. The fourth-order valence-electron chi connectivity index (χ4n) is 4.45. The Balaban J connectivity index is 1.60. The molecule has 0 spiro atoms. The fourth-order valence-corrected chi connectivity index (χ4v) is 4.45. The minimum absolute atomic E-state index is 0.0659. The molecule has 29 heavy (non-hydrogen) atoms. The predicted molar refractivity (Wildman–Crippen MR) is 113 cm³/mol. The van der Waals surface area contributed by atoms with Crippen molar-refractivity contribution in [2.24, 2.45) is 5.92 Å². The van der Waals surface area contributed by atoms with Gasteiger partial charge in [-0.2, -0.15) is 0 Å². The Morgan fingerprint density at radius 3 is 2.48 bits per heavy atom. The third-order valence-electron chi connectivity index (χ3n) is 6.14. The summed E-state index contributed by atoms with van der Waals surface area (Å²) in [5.41, 5.74) is 3.06. The van der Waals surface area contributed by atoms with Gasteiger partial charge in [0.2, 0.25) is 11.8 Å². The molecule has 156 valence electrons. The number of pyridine rings is 2. The van der Waals surface area contributed by atoms with Crippen molar-refractivity contribution in [3.05, 3.63) is 47.3 Å². The molecule has 6 nitrogen and oxygen atoms in total. The number of carbonyl (C=O) groups is 1. The number of aromatic nitrogens is 2. The molecule has 1 aliphatic rings. The molecule has 1 saturated carbocycles.